The summed E-state index contributed by atoms with van der Waals surface area (Å²) in [6, 6.07) is 7.83. The Kier molecular flexibility index (Phi) is 8.04. The number of carbonyl (C=O) groups is 1. The quantitative estimate of drug-likeness (QED) is 0.852. The molecule has 136 valence electrons. The van der Waals surface area contributed by atoms with Crippen molar-refractivity contribution in [2.24, 2.45) is 5.92 Å². The van der Waals surface area contributed by atoms with E-state index in [9.17, 15) is 4.79 Å². The molecule has 0 spiro atoms. The molecular weight excluding hydrogens is 324 g/mol. The molecule has 1 aromatic carbocycles. The van der Waals surface area contributed by atoms with Crippen molar-refractivity contribution in [1.29, 1.82) is 0 Å². The van der Waals surface area contributed by atoms with Gasteiger partial charge in [-0.05, 0) is 58.7 Å². The maximum Gasteiger partial charge on any atom is 0.232 e. The second-order valence-electron chi connectivity index (χ2n) is 6.95. The molecule has 0 bridgehead atoms. The first-order chi connectivity index (χ1) is 11.0. The van der Waals surface area contributed by atoms with Crippen LogP contribution >= 0.6 is 12.4 Å². The number of ether oxygens (including phenoxy) is 1. The number of carbonyl (C=O) groups excluding carboxylic acids is 1. The topological polar surface area (TPSA) is 41.6 Å². The average Bonchev–Trinajstić information content (AvgIpc) is 2.59. The number of nitrogens with one attached hydrogen (secondary N) is 1. The van der Waals surface area contributed by atoms with Crippen molar-refractivity contribution >= 4 is 18.3 Å². The van der Waals surface area contributed by atoms with Crippen molar-refractivity contribution in [2.45, 2.75) is 38.5 Å². The van der Waals surface area contributed by atoms with Gasteiger partial charge in [0.2, 0.25) is 5.91 Å². The lowest BCUT2D eigenvalue weighted by atomic mass is 9.81. The molecule has 0 saturated carbocycles. The van der Waals surface area contributed by atoms with Gasteiger partial charge in [-0.1, -0.05) is 18.2 Å². The van der Waals surface area contributed by atoms with Crippen molar-refractivity contribution < 1.29 is 9.53 Å². The number of likely N-dealkylation sites (tertiary alicyclic amines) is 1. The number of amides is 1. The molecule has 1 amide bonds. The third-order valence-electron chi connectivity index (χ3n) is 5.02. The predicted octanol–water partition coefficient (Wildman–Crippen LogP) is 3.24. The van der Waals surface area contributed by atoms with Crippen LogP contribution in [0, 0.1) is 5.92 Å². The maximum atomic E-state index is 13.1. The van der Waals surface area contributed by atoms with Crippen LogP contribution in [0.25, 0.3) is 0 Å². The highest BCUT2D eigenvalue weighted by atomic mass is 35.5. The van der Waals surface area contributed by atoms with Crippen LogP contribution in [-0.2, 0) is 10.2 Å². The molecule has 1 fully saturated rings. The number of para-hydroxylation sites is 1. The SMILES string of the molecule is CNCCC1CCN(C(=O)C(C)(C)c2ccccc2OC)CC1.Cl. The molecule has 24 heavy (non-hydrogen) atoms. The van der Waals surface area contributed by atoms with Gasteiger partial charge in [-0.3, -0.25) is 4.79 Å². The normalized spacial score (nSPS) is 15.8. The predicted molar refractivity (Wildman–Crippen MR) is 101 cm³/mol. The van der Waals surface area contributed by atoms with Gasteiger partial charge in [0.15, 0.2) is 0 Å². The first-order valence-electron chi connectivity index (χ1n) is 8.58. The number of methoxy groups -OCH3 is 1. The summed E-state index contributed by atoms with van der Waals surface area (Å²) >= 11 is 0. The highest BCUT2D eigenvalue weighted by Gasteiger charge is 2.37. The Bertz CT molecular complexity index is 526. The first-order valence-corrected chi connectivity index (χ1v) is 8.58. The largest absolute Gasteiger partial charge is 0.496 e. The number of piperidine rings is 1. The fraction of sp³-hybridized carbons (Fsp3) is 0.632. The van der Waals surface area contributed by atoms with Crippen molar-refractivity contribution in [3.05, 3.63) is 29.8 Å². The highest BCUT2D eigenvalue weighted by Crippen LogP contribution is 2.34. The van der Waals surface area contributed by atoms with Crippen molar-refractivity contribution in [3.63, 3.8) is 0 Å². The van der Waals surface area contributed by atoms with Crippen LogP contribution in [0.3, 0.4) is 0 Å². The van der Waals surface area contributed by atoms with Gasteiger partial charge >= 0.3 is 0 Å². The summed E-state index contributed by atoms with van der Waals surface area (Å²) in [5, 5.41) is 3.21. The molecule has 0 atom stereocenters. The molecule has 1 aliphatic heterocycles. The Morgan fingerprint density at radius 3 is 2.50 bits per heavy atom. The minimum absolute atomic E-state index is 0. The molecule has 5 heteroatoms. The third-order valence-corrected chi connectivity index (χ3v) is 5.02. The zero-order valence-corrected chi connectivity index (χ0v) is 16.1. The fourth-order valence-corrected chi connectivity index (χ4v) is 3.44. The highest BCUT2D eigenvalue weighted by molar-refractivity contribution is 5.88. The first kappa shape index (κ1) is 20.8. The van der Waals surface area contributed by atoms with E-state index in [1.54, 1.807) is 7.11 Å². The van der Waals surface area contributed by atoms with Crippen molar-refractivity contribution in [3.8, 4) is 5.75 Å². The van der Waals surface area contributed by atoms with Gasteiger partial charge in [-0.15, -0.1) is 12.4 Å². The van der Waals surface area contributed by atoms with Crippen LogP contribution in [0.4, 0.5) is 0 Å². The molecule has 2 rings (SSSR count). The van der Waals surface area contributed by atoms with Gasteiger partial charge in [0, 0.05) is 18.7 Å². The summed E-state index contributed by atoms with van der Waals surface area (Å²) in [6.07, 6.45) is 3.42. The van der Waals surface area contributed by atoms with Gasteiger partial charge in [-0.2, -0.15) is 0 Å². The number of hydrogen-bond acceptors (Lipinski definition) is 3. The number of hydrogen-bond donors (Lipinski definition) is 1. The Hall–Kier alpha value is -1.26. The number of rotatable bonds is 6. The second-order valence-corrected chi connectivity index (χ2v) is 6.95. The van der Waals surface area contributed by atoms with Crippen LogP contribution in [0.2, 0.25) is 0 Å². The Balaban J connectivity index is 0.00000288. The molecular formula is C19H31ClN2O2. The number of nitrogens with zero attached hydrogens (tertiary/aromatic N) is 1. The van der Waals surface area contributed by atoms with E-state index in [2.05, 4.69) is 5.32 Å². The maximum absolute atomic E-state index is 13.1. The van der Waals surface area contributed by atoms with Gasteiger partial charge in [-0.25, -0.2) is 0 Å². The lowest BCUT2D eigenvalue weighted by Gasteiger charge is -2.37. The molecule has 1 N–H and O–H groups in total. The summed E-state index contributed by atoms with van der Waals surface area (Å²) < 4.78 is 5.45. The molecule has 1 saturated heterocycles. The average molecular weight is 355 g/mol. The molecule has 1 aliphatic rings. The van der Waals surface area contributed by atoms with Crippen molar-refractivity contribution in [1.82, 2.24) is 10.2 Å². The summed E-state index contributed by atoms with van der Waals surface area (Å²) in [5.41, 5.74) is 0.398. The summed E-state index contributed by atoms with van der Waals surface area (Å²) in [5.74, 6) is 1.73. The zero-order chi connectivity index (χ0) is 16.9. The number of halogens is 1. The Labute approximate surface area is 152 Å². The third kappa shape index (κ3) is 4.64. The van der Waals surface area contributed by atoms with E-state index in [0.717, 1.165) is 49.7 Å². The minimum Gasteiger partial charge on any atom is -0.496 e. The van der Waals surface area contributed by atoms with Crippen LogP contribution in [0.1, 0.15) is 38.7 Å². The summed E-state index contributed by atoms with van der Waals surface area (Å²) in [7, 11) is 3.65. The van der Waals surface area contributed by atoms with E-state index >= 15 is 0 Å². The number of benzene rings is 1. The van der Waals surface area contributed by atoms with E-state index in [1.807, 2.05) is 50.1 Å². The monoisotopic (exact) mass is 354 g/mol. The van der Waals surface area contributed by atoms with E-state index in [0.29, 0.717) is 0 Å². The van der Waals surface area contributed by atoms with Gasteiger partial charge < -0.3 is 15.0 Å². The lowest BCUT2D eigenvalue weighted by Crippen LogP contribution is -2.47. The van der Waals surface area contributed by atoms with Gasteiger partial charge in [0.05, 0.1) is 12.5 Å². The Morgan fingerprint density at radius 1 is 1.29 bits per heavy atom. The second kappa shape index (κ2) is 9.28. The van der Waals surface area contributed by atoms with E-state index in [4.69, 9.17) is 4.74 Å². The van der Waals surface area contributed by atoms with Gasteiger partial charge in [0.25, 0.3) is 0 Å². The molecule has 4 nitrogen and oxygen atoms in total. The molecule has 1 aromatic rings. The molecule has 1 heterocycles. The smallest absolute Gasteiger partial charge is 0.232 e. The summed E-state index contributed by atoms with van der Waals surface area (Å²) in [6.45, 7) is 6.80. The molecule has 0 radical (unpaired) electrons. The Morgan fingerprint density at radius 2 is 1.92 bits per heavy atom. The van der Waals surface area contributed by atoms with Gasteiger partial charge in [0.1, 0.15) is 5.75 Å². The fourth-order valence-electron chi connectivity index (χ4n) is 3.44. The van der Waals surface area contributed by atoms with Crippen LogP contribution in [0.5, 0.6) is 5.75 Å². The molecule has 0 unspecified atom stereocenters. The van der Waals surface area contributed by atoms with E-state index < -0.39 is 5.41 Å². The molecule has 0 aromatic heterocycles. The zero-order valence-electron chi connectivity index (χ0n) is 15.3. The van der Waals surface area contributed by atoms with E-state index in [1.165, 1.54) is 6.42 Å². The van der Waals surface area contributed by atoms with Crippen LogP contribution < -0.4 is 10.1 Å². The summed E-state index contributed by atoms with van der Waals surface area (Å²) in [4.78, 5) is 15.1. The standard InChI is InChI=1S/C19H30N2O2.ClH/c1-19(2,16-7-5-6-8-17(16)23-4)18(22)21-13-10-15(11-14-21)9-12-20-3;/h5-8,15,20H,9-14H2,1-4H3;1H. The van der Waals surface area contributed by atoms with E-state index in [-0.39, 0.29) is 18.3 Å². The van der Waals surface area contributed by atoms with Crippen LogP contribution in [-0.4, -0.2) is 44.6 Å². The van der Waals surface area contributed by atoms with Crippen molar-refractivity contribution in [2.75, 3.05) is 33.8 Å². The minimum atomic E-state index is -0.565. The lowest BCUT2D eigenvalue weighted by molar-refractivity contribution is -0.137. The van der Waals surface area contributed by atoms with Crippen LogP contribution in [0.15, 0.2) is 24.3 Å². The molecule has 0 aliphatic carbocycles.